The Kier molecular flexibility index (Phi) is 4.16. The van der Waals surface area contributed by atoms with E-state index in [1.165, 1.54) is 6.92 Å². The van der Waals surface area contributed by atoms with Gasteiger partial charge in [-0.05, 0) is 13.3 Å². The van der Waals surface area contributed by atoms with Crippen LogP contribution in [-0.4, -0.2) is 28.2 Å². The highest BCUT2D eigenvalue weighted by Crippen LogP contribution is 1.99. The van der Waals surface area contributed by atoms with Gasteiger partial charge in [-0.15, -0.1) is 0 Å². The normalized spacial score (nSPS) is 17.7. The number of nitrogens with two attached hydrogens (primary N) is 1. The molecule has 0 aliphatic heterocycles. The molecule has 3 N–H and O–H groups in total. The monoisotopic (exact) mass is 201 g/mol. The SMILES string of the molecule is CC(CCS(N)(=O)=O)S(=O)O. The van der Waals surface area contributed by atoms with Crippen molar-refractivity contribution in [1.82, 2.24) is 0 Å². The van der Waals surface area contributed by atoms with Crippen LogP contribution < -0.4 is 5.14 Å². The second-order valence-corrected chi connectivity index (χ2v) is 5.33. The first-order valence-corrected chi connectivity index (χ1v) is 5.81. The Bertz CT molecular complexity index is 234. The van der Waals surface area contributed by atoms with Crippen molar-refractivity contribution in [2.45, 2.75) is 18.6 Å². The molecule has 0 saturated heterocycles. The molecule has 0 bridgehead atoms. The number of sulfonamides is 1. The third kappa shape index (κ3) is 6.42. The maximum atomic E-state index is 10.4. The van der Waals surface area contributed by atoms with Gasteiger partial charge in [-0.25, -0.2) is 17.8 Å². The highest BCUT2D eigenvalue weighted by atomic mass is 32.2. The zero-order valence-corrected chi connectivity index (χ0v) is 7.69. The number of hydrogen-bond acceptors (Lipinski definition) is 3. The predicted molar refractivity (Wildman–Crippen MR) is 42.8 cm³/mol. The van der Waals surface area contributed by atoms with Gasteiger partial charge < -0.3 is 4.55 Å². The van der Waals surface area contributed by atoms with Crippen molar-refractivity contribution >= 4 is 21.1 Å². The van der Waals surface area contributed by atoms with Crippen molar-refractivity contribution in [3.63, 3.8) is 0 Å². The molecule has 2 unspecified atom stereocenters. The molecule has 7 heteroatoms. The summed E-state index contributed by atoms with van der Waals surface area (Å²) in [4.78, 5) is 0. The first-order valence-electron chi connectivity index (χ1n) is 2.93. The van der Waals surface area contributed by atoms with Gasteiger partial charge in [-0.3, -0.25) is 0 Å². The summed E-state index contributed by atoms with van der Waals surface area (Å²) in [5, 5.41) is 4.13. The third-order valence-electron chi connectivity index (χ3n) is 1.15. The van der Waals surface area contributed by atoms with Crippen LogP contribution in [0.4, 0.5) is 0 Å². The molecule has 0 radical (unpaired) electrons. The van der Waals surface area contributed by atoms with E-state index in [-0.39, 0.29) is 12.2 Å². The van der Waals surface area contributed by atoms with E-state index in [9.17, 15) is 12.6 Å². The lowest BCUT2D eigenvalue weighted by Crippen LogP contribution is -2.21. The molecule has 5 nitrogen and oxygen atoms in total. The molecule has 0 rings (SSSR count). The number of rotatable bonds is 4. The lowest BCUT2D eigenvalue weighted by molar-refractivity contribution is 0.547. The van der Waals surface area contributed by atoms with Gasteiger partial charge >= 0.3 is 0 Å². The van der Waals surface area contributed by atoms with E-state index in [0.717, 1.165) is 0 Å². The van der Waals surface area contributed by atoms with Crippen LogP contribution in [-0.2, 0) is 21.1 Å². The maximum absolute atomic E-state index is 10.4. The van der Waals surface area contributed by atoms with E-state index in [0.29, 0.717) is 0 Å². The van der Waals surface area contributed by atoms with E-state index in [1.54, 1.807) is 0 Å². The number of hydrogen-bond donors (Lipinski definition) is 2. The minimum atomic E-state index is -3.50. The fraction of sp³-hybridized carbons (Fsp3) is 1.00. The molecule has 0 spiro atoms. The van der Waals surface area contributed by atoms with Gasteiger partial charge in [-0.1, -0.05) is 0 Å². The molecule has 68 valence electrons. The summed E-state index contributed by atoms with van der Waals surface area (Å²) < 4.78 is 39.5. The van der Waals surface area contributed by atoms with Gasteiger partial charge in [0.05, 0.1) is 11.0 Å². The van der Waals surface area contributed by atoms with E-state index in [2.05, 4.69) is 5.14 Å². The van der Waals surface area contributed by atoms with Crippen LogP contribution in [0.2, 0.25) is 0 Å². The molecule has 2 atom stereocenters. The van der Waals surface area contributed by atoms with Crippen molar-refractivity contribution in [2.75, 3.05) is 5.75 Å². The highest BCUT2D eigenvalue weighted by Gasteiger charge is 2.11. The average molecular weight is 201 g/mol. The molecular formula is C4H11NO4S2. The minimum Gasteiger partial charge on any atom is -0.306 e. The lowest BCUT2D eigenvalue weighted by atomic mass is 10.4. The zero-order valence-electron chi connectivity index (χ0n) is 6.06. The summed E-state index contributed by atoms with van der Waals surface area (Å²) in [6, 6.07) is 0. The smallest absolute Gasteiger partial charge is 0.209 e. The quantitative estimate of drug-likeness (QED) is 0.586. The Morgan fingerprint density at radius 2 is 2.09 bits per heavy atom. The van der Waals surface area contributed by atoms with Gasteiger partial charge in [-0.2, -0.15) is 0 Å². The third-order valence-corrected chi connectivity index (χ3v) is 2.88. The van der Waals surface area contributed by atoms with Gasteiger partial charge in [0, 0.05) is 0 Å². The Labute approximate surface area is 68.3 Å². The van der Waals surface area contributed by atoms with Gasteiger partial charge in [0.1, 0.15) is 0 Å². The van der Waals surface area contributed by atoms with E-state index in [4.69, 9.17) is 4.55 Å². The van der Waals surface area contributed by atoms with Crippen LogP contribution >= 0.6 is 0 Å². The fourth-order valence-electron chi connectivity index (χ4n) is 0.431. The second kappa shape index (κ2) is 4.15. The maximum Gasteiger partial charge on any atom is 0.209 e. The summed E-state index contributed by atoms with van der Waals surface area (Å²) in [6.45, 7) is 1.49. The molecule has 0 aliphatic rings. The standard InChI is InChI=1S/C4H11NO4S2/c1-4(10(6)7)2-3-11(5,8)9/h4H,2-3H2,1H3,(H,6,7)(H2,5,8,9). The zero-order chi connectivity index (χ0) is 9.07. The molecule has 0 aromatic carbocycles. The lowest BCUT2D eigenvalue weighted by Gasteiger charge is -2.03. The predicted octanol–water partition coefficient (Wildman–Crippen LogP) is -0.725. The average Bonchev–Trinajstić information content (AvgIpc) is 1.80. The topological polar surface area (TPSA) is 97.5 Å². The van der Waals surface area contributed by atoms with Gasteiger partial charge in [0.15, 0.2) is 11.1 Å². The summed E-state index contributed by atoms with van der Waals surface area (Å²) in [7, 11) is -3.50. The first kappa shape index (κ1) is 11.0. The molecule has 0 aliphatic carbocycles. The molecular weight excluding hydrogens is 190 g/mol. The summed E-state index contributed by atoms with van der Waals surface area (Å²) in [5.74, 6) is -0.250. The number of primary sulfonamides is 1. The van der Waals surface area contributed by atoms with Crippen LogP contribution in [0.1, 0.15) is 13.3 Å². The van der Waals surface area contributed by atoms with Crippen LogP contribution in [0.3, 0.4) is 0 Å². The van der Waals surface area contributed by atoms with Crippen molar-refractivity contribution < 1.29 is 17.2 Å². The summed E-state index contributed by atoms with van der Waals surface area (Å²) in [6.07, 6.45) is 0.113. The largest absolute Gasteiger partial charge is 0.306 e. The van der Waals surface area contributed by atoms with Crippen LogP contribution in [0.25, 0.3) is 0 Å². The van der Waals surface area contributed by atoms with Crippen molar-refractivity contribution in [3.05, 3.63) is 0 Å². The first-order chi connectivity index (χ1) is 4.83. The minimum absolute atomic E-state index is 0.113. The molecule has 0 amide bonds. The van der Waals surface area contributed by atoms with Crippen LogP contribution in [0.5, 0.6) is 0 Å². The van der Waals surface area contributed by atoms with E-state index >= 15 is 0 Å². The van der Waals surface area contributed by atoms with Crippen molar-refractivity contribution in [3.8, 4) is 0 Å². The molecule has 0 aromatic rings. The van der Waals surface area contributed by atoms with Gasteiger partial charge in [0.2, 0.25) is 10.0 Å². The molecule has 0 aromatic heterocycles. The van der Waals surface area contributed by atoms with E-state index in [1.807, 2.05) is 0 Å². The highest BCUT2D eigenvalue weighted by molar-refractivity contribution is 7.89. The Morgan fingerprint density at radius 1 is 1.64 bits per heavy atom. The summed E-state index contributed by atoms with van der Waals surface area (Å²) in [5.41, 5.74) is 0. The van der Waals surface area contributed by atoms with Crippen molar-refractivity contribution in [1.29, 1.82) is 0 Å². The Morgan fingerprint density at radius 3 is 2.36 bits per heavy atom. The van der Waals surface area contributed by atoms with E-state index < -0.39 is 26.4 Å². The molecule has 0 fully saturated rings. The molecule has 0 heterocycles. The van der Waals surface area contributed by atoms with Crippen LogP contribution in [0, 0.1) is 0 Å². The molecule has 11 heavy (non-hydrogen) atoms. The van der Waals surface area contributed by atoms with Gasteiger partial charge in [0.25, 0.3) is 0 Å². The van der Waals surface area contributed by atoms with Crippen LogP contribution in [0.15, 0.2) is 0 Å². The summed E-state index contributed by atoms with van der Waals surface area (Å²) >= 11 is -1.97. The van der Waals surface area contributed by atoms with Crippen molar-refractivity contribution in [2.24, 2.45) is 5.14 Å². The Hall–Kier alpha value is 0.0200. The second-order valence-electron chi connectivity index (χ2n) is 2.24. The molecule has 0 saturated carbocycles. The Balaban J connectivity index is 3.82. The fourth-order valence-corrected chi connectivity index (χ4v) is 1.58.